The summed E-state index contributed by atoms with van der Waals surface area (Å²) in [5.74, 6) is -2.30. The Morgan fingerprint density at radius 1 is 1.02 bits per heavy atom. The van der Waals surface area contributed by atoms with E-state index < -0.39 is 58.8 Å². The van der Waals surface area contributed by atoms with E-state index in [1.807, 2.05) is 6.07 Å². The Kier molecular flexibility index (Phi) is 6.31. The van der Waals surface area contributed by atoms with E-state index in [2.05, 4.69) is 11.9 Å². The first-order valence-electron chi connectivity index (χ1n) is 14.8. The lowest BCUT2D eigenvalue weighted by Gasteiger charge is -2.69. The van der Waals surface area contributed by atoms with Crippen LogP contribution in [0.5, 0.6) is 0 Å². The molecule has 10 heteroatoms. The molecule has 1 saturated heterocycles. The number of hydrogen-bond acceptors (Lipinski definition) is 10. The number of methoxy groups -OCH3 is 4. The van der Waals surface area contributed by atoms with E-state index in [-0.39, 0.29) is 35.8 Å². The fraction of sp³-hybridized carbons (Fsp3) is 0.774. The monoisotopic (exact) mass is 573 g/mol. The molecule has 5 aliphatic carbocycles. The third-order valence-corrected chi connectivity index (χ3v) is 12.5. The van der Waals surface area contributed by atoms with Gasteiger partial charge in [0.25, 0.3) is 0 Å². The smallest absolute Gasteiger partial charge is 0.338 e. The Bertz CT molecular complexity index is 1200. The molecule has 14 atom stereocenters. The van der Waals surface area contributed by atoms with E-state index in [1.165, 1.54) is 7.11 Å². The Labute approximate surface area is 240 Å². The minimum Gasteiger partial charge on any atom is -0.455 e. The minimum atomic E-state index is -1.76. The summed E-state index contributed by atoms with van der Waals surface area (Å²) >= 11 is 0. The third-order valence-electron chi connectivity index (χ3n) is 12.5. The highest BCUT2D eigenvalue weighted by Crippen LogP contribution is 2.80. The maximum atomic E-state index is 13.5. The summed E-state index contributed by atoms with van der Waals surface area (Å²) in [5, 5.41) is 37.6. The van der Waals surface area contributed by atoms with Gasteiger partial charge in [-0.3, -0.25) is 0 Å². The van der Waals surface area contributed by atoms with Crippen molar-refractivity contribution >= 4 is 5.97 Å². The van der Waals surface area contributed by atoms with Gasteiger partial charge in [0.1, 0.15) is 29.5 Å². The van der Waals surface area contributed by atoms with Crippen molar-refractivity contribution < 1.29 is 43.8 Å². The zero-order valence-electron chi connectivity index (χ0n) is 24.4. The van der Waals surface area contributed by atoms with Gasteiger partial charge in [0.05, 0.1) is 24.4 Å². The van der Waals surface area contributed by atoms with Gasteiger partial charge in [0.15, 0.2) is 0 Å². The van der Waals surface area contributed by atoms with Crippen molar-refractivity contribution in [2.75, 3.05) is 48.6 Å². The molecule has 1 aromatic rings. The van der Waals surface area contributed by atoms with E-state index in [1.54, 1.807) is 45.6 Å². The molecule has 5 saturated carbocycles. The highest BCUT2D eigenvalue weighted by Gasteiger charge is 2.90. The molecule has 7 bridgehead atoms. The van der Waals surface area contributed by atoms with Crippen LogP contribution in [0.3, 0.4) is 0 Å². The Morgan fingerprint density at radius 3 is 2.39 bits per heavy atom. The van der Waals surface area contributed by atoms with Crippen molar-refractivity contribution in [3.63, 3.8) is 0 Å². The predicted molar refractivity (Wildman–Crippen MR) is 145 cm³/mol. The molecule has 1 aromatic carbocycles. The van der Waals surface area contributed by atoms with Crippen molar-refractivity contribution in [1.29, 1.82) is 0 Å². The lowest BCUT2D eigenvalue weighted by Crippen LogP contribution is -2.79. The lowest BCUT2D eigenvalue weighted by atomic mass is 9.43. The first kappa shape index (κ1) is 28.2. The molecule has 1 aliphatic heterocycles. The van der Waals surface area contributed by atoms with Crippen LogP contribution in [0.1, 0.15) is 29.6 Å². The van der Waals surface area contributed by atoms with Gasteiger partial charge in [-0.2, -0.15) is 0 Å². The fourth-order valence-corrected chi connectivity index (χ4v) is 11.8. The molecule has 0 radical (unpaired) electrons. The van der Waals surface area contributed by atoms with E-state index in [9.17, 15) is 20.1 Å². The summed E-state index contributed by atoms with van der Waals surface area (Å²) in [7, 11) is 8.65. The van der Waals surface area contributed by atoms with Crippen LogP contribution in [-0.2, 0) is 23.7 Å². The second kappa shape index (κ2) is 9.19. The summed E-state index contributed by atoms with van der Waals surface area (Å²) < 4.78 is 30.6. The third kappa shape index (κ3) is 3.08. The van der Waals surface area contributed by atoms with Crippen molar-refractivity contribution in [3.8, 4) is 0 Å². The summed E-state index contributed by atoms with van der Waals surface area (Å²) in [6, 6.07) is 8.46. The number of likely N-dealkylation sites (tertiary alicyclic amines) is 1. The van der Waals surface area contributed by atoms with Crippen molar-refractivity contribution in [3.05, 3.63) is 35.9 Å². The molecule has 226 valence electrons. The van der Waals surface area contributed by atoms with Crippen LogP contribution >= 0.6 is 0 Å². The summed E-state index contributed by atoms with van der Waals surface area (Å²) in [4.78, 5) is 15.8. The van der Waals surface area contributed by atoms with Crippen LogP contribution in [0, 0.1) is 34.5 Å². The zero-order valence-corrected chi connectivity index (χ0v) is 24.4. The molecule has 1 heterocycles. The number of nitrogens with zero attached hydrogens (tertiary/aromatic N) is 1. The fourth-order valence-electron chi connectivity index (χ4n) is 11.8. The van der Waals surface area contributed by atoms with Crippen molar-refractivity contribution in [2.24, 2.45) is 34.5 Å². The molecular formula is C31H43NO9. The van der Waals surface area contributed by atoms with Crippen molar-refractivity contribution in [1.82, 2.24) is 4.90 Å². The average molecular weight is 574 g/mol. The normalized spacial score (nSPS) is 52.9. The van der Waals surface area contributed by atoms with Gasteiger partial charge in [0, 0.05) is 69.6 Å². The van der Waals surface area contributed by atoms with E-state index in [0.29, 0.717) is 12.2 Å². The SMILES string of the molecule is COC[C@@]12CC[C@H](OC)[C@]34C([C@H](C(OC)C13)[C@@]1(O)[C@@H](O)[C@H](OC)C3(O)C[C@@H]4[C@@H]1C3OC(=O)c1ccccc1)N(C)C2. The summed E-state index contributed by atoms with van der Waals surface area (Å²) in [5.41, 5.74) is -3.95. The molecule has 0 aromatic heterocycles. The number of rotatable bonds is 7. The van der Waals surface area contributed by atoms with Crippen LogP contribution in [-0.4, -0.2) is 123 Å². The number of ether oxygens (including phenoxy) is 5. The molecular weight excluding hydrogens is 530 g/mol. The first-order valence-corrected chi connectivity index (χ1v) is 14.8. The van der Waals surface area contributed by atoms with Gasteiger partial charge in [-0.15, -0.1) is 0 Å². The second-order valence-corrected chi connectivity index (χ2v) is 13.6. The maximum Gasteiger partial charge on any atom is 0.338 e. The number of carbonyl (C=O) groups excluding carboxylic acids is 1. The molecule has 10 nitrogen and oxygen atoms in total. The topological polar surface area (TPSA) is 127 Å². The molecule has 1 spiro atoms. The molecule has 6 fully saturated rings. The highest BCUT2D eigenvalue weighted by molar-refractivity contribution is 5.89. The summed E-state index contributed by atoms with van der Waals surface area (Å²) in [6.45, 7) is 1.29. The standard InChI is InChI=1S/C31H43NO9/c1-32-14-28(15-37-2)12-11-18(38-3)30-17-13-29(35)25(41-27(34)16-9-7-6-8-10-16)19(17)31(36,24(33)26(29)40-5)20(23(30)32)21(39-4)22(28)30/h6-10,17-26,33,35-36H,11-15H2,1-5H3/t17-,18+,19-,20+,21?,22?,23?,24+,25?,26+,28+,29?,30+,31-/m1/s1. The number of benzene rings is 1. The maximum absolute atomic E-state index is 13.5. The molecule has 0 amide bonds. The first-order chi connectivity index (χ1) is 19.6. The van der Waals surface area contributed by atoms with E-state index in [0.717, 1.165) is 19.4 Å². The number of aliphatic hydroxyl groups excluding tert-OH is 1. The van der Waals surface area contributed by atoms with Gasteiger partial charge in [-0.1, -0.05) is 18.2 Å². The quantitative estimate of drug-likeness (QED) is 0.402. The largest absolute Gasteiger partial charge is 0.455 e. The summed E-state index contributed by atoms with van der Waals surface area (Å²) in [6.07, 6.45) is -2.45. The average Bonchev–Trinajstić information content (AvgIpc) is 3.36. The Balaban J connectivity index is 1.46. The second-order valence-electron chi connectivity index (χ2n) is 13.6. The number of hydrogen-bond donors (Lipinski definition) is 3. The lowest BCUT2D eigenvalue weighted by molar-refractivity contribution is -0.313. The van der Waals surface area contributed by atoms with E-state index >= 15 is 0 Å². The molecule has 6 aliphatic rings. The highest BCUT2D eigenvalue weighted by atomic mass is 16.6. The van der Waals surface area contributed by atoms with Gasteiger partial charge in [-0.25, -0.2) is 4.79 Å². The van der Waals surface area contributed by atoms with Crippen LogP contribution in [0.15, 0.2) is 30.3 Å². The number of carbonyl (C=O) groups is 1. The Hall–Kier alpha value is -1.63. The molecule has 5 unspecified atom stereocenters. The van der Waals surface area contributed by atoms with Gasteiger partial charge < -0.3 is 43.9 Å². The van der Waals surface area contributed by atoms with Crippen molar-refractivity contribution in [2.45, 2.75) is 67.0 Å². The molecule has 3 N–H and O–H groups in total. The van der Waals surface area contributed by atoms with Gasteiger partial charge in [-0.05, 0) is 44.4 Å². The van der Waals surface area contributed by atoms with Crippen LogP contribution in [0.2, 0.25) is 0 Å². The number of fused-ring (bicyclic) bond motifs is 2. The van der Waals surface area contributed by atoms with E-state index in [4.69, 9.17) is 23.7 Å². The van der Waals surface area contributed by atoms with Crippen LogP contribution in [0.25, 0.3) is 0 Å². The van der Waals surface area contributed by atoms with Gasteiger partial charge >= 0.3 is 5.97 Å². The predicted octanol–water partition coefficient (Wildman–Crippen LogP) is 0.716. The number of esters is 1. The van der Waals surface area contributed by atoms with Gasteiger partial charge in [0.2, 0.25) is 0 Å². The van der Waals surface area contributed by atoms with Crippen LogP contribution < -0.4 is 0 Å². The van der Waals surface area contributed by atoms with Crippen LogP contribution in [0.4, 0.5) is 0 Å². The minimum absolute atomic E-state index is 0.0644. The number of aliphatic hydroxyl groups is 3. The molecule has 41 heavy (non-hydrogen) atoms. The molecule has 7 rings (SSSR count). The zero-order chi connectivity index (χ0) is 29.1. The number of piperidine rings is 1. The Morgan fingerprint density at radius 2 is 1.76 bits per heavy atom.